The summed E-state index contributed by atoms with van der Waals surface area (Å²) in [7, 11) is 1.63. The van der Waals surface area contributed by atoms with Crippen LogP contribution in [0.4, 0.5) is 0 Å². The topological polar surface area (TPSA) is 60.3 Å². The molecule has 2 heterocycles. The van der Waals surface area contributed by atoms with E-state index in [-0.39, 0.29) is 22.9 Å². The van der Waals surface area contributed by atoms with Gasteiger partial charge in [-0.1, -0.05) is 28.1 Å². The van der Waals surface area contributed by atoms with Gasteiger partial charge < -0.3 is 14.6 Å². The molecule has 1 aromatic heterocycles. The van der Waals surface area contributed by atoms with Crippen LogP contribution in [0.3, 0.4) is 0 Å². The highest BCUT2D eigenvalue weighted by molar-refractivity contribution is 9.10. The van der Waals surface area contributed by atoms with Crippen LogP contribution in [0.5, 0.6) is 5.75 Å². The number of hydrogen-bond donors (Lipinski definition) is 1. The van der Waals surface area contributed by atoms with Crippen molar-refractivity contribution in [3.8, 4) is 5.75 Å². The number of methoxy groups -OCH3 is 1. The lowest BCUT2D eigenvalue weighted by Gasteiger charge is -2.13. The smallest absolute Gasteiger partial charge is 0.256 e. The summed E-state index contributed by atoms with van der Waals surface area (Å²) in [6, 6.07) is 11.8. The van der Waals surface area contributed by atoms with E-state index in [1.807, 2.05) is 30.3 Å². The van der Waals surface area contributed by atoms with Crippen molar-refractivity contribution >= 4 is 32.7 Å². The predicted octanol–water partition coefficient (Wildman–Crippen LogP) is 3.86. The lowest BCUT2D eigenvalue weighted by molar-refractivity contribution is 0.0952. The first kappa shape index (κ1) is 18.7. The minimum atomic E-state index is -0.329. The summed E-state index contributed by atoms with van der Waals surface area (Å²) >= 11 is 3.48. The monoisotopic (exact) mass is 440 g/mol. The molecule has 1 N–H and O–H groups in total. The lowest BCUT2D eigenvalue weighted by Crippen LogP contribution is -2.31. The Morgan fingerprint density at radius 2 is 2.04 bits per heavy atom. The van der Waals surface area contributed by atoms with E-state index in [0.717, 1.165) is 33.3 Å². The molecule has 0 spiro atoms. The molecule has 1 aliphatic heterocycles. The molecular formula is C22H21BrN2O3. The number of pyridine rings is 1. The Kier molecular flexibility index (Phi) is 4.98. The molecule has 2 aromatic carbocycles. The van der Waals surface area contributed by atoms with Crippen LogP contribution >= 0.6 is 15.9 Å². The number of benzene rings is 2. The molecule has 0 saturated carbocycles. The first-order valence-corrected chi connectivity index (χ1v) is 10.1. The third-order valence-electron chi connectivity index (χ3n) is 5.26. The third kappa shape index (κ3) is 3.33. The largest absolute Gasteiger partial charge is 0.497 e. The van der Waals surface area contributed by atoms with Gasteiger partial charge in [-0.05, 0) is 55.2 Å². The molecular weight excluding hydrogens is 420 g/mol. The van der Waals surface area contributed by atoms with Gasteiger partial charge in [-0.15, -0.1) is 0 Å². The van der Waals surface area contributed by atoms with Crippen LogP contribution in [-0.4, -0.2) is 24.1 Å². The summed E-state index contributed by atoms with van der Waals surface area (Å²) in [5.41, 5.74) is 3.15. The quantitative estimate of drug-likeness (QED) is 0.654. The second kappa shape index (κ2) is 7.43. The number of amides is 1. The molecule has 1 unspecified atom stereocenters. The fraction of sp³-hybridized carbons (Fsp3) is 0.273. The minimum absolute atomic E-state index is 0.194. The summed E-state index contributed by atoms with van der Waals surface area (Å²) in [4.78, 5) is 25.7. The van der Waals surface area contributed by atoms with Crippen LogP contribution in [0.2, 0.25) is 0 Å². The molecule has 1 aliphatic rings. The van der Waals surface area contributed by atoms with Crippen LogP contribution in [0.25, 0.3) is 10.9 Å². The van der Waals surface area contributed by atoms with Crippen LogP contribution in [-0.2, 0) is 12.8 Å². The van der Waals surface area contributed by atoms with Crippen LogP contribution in [0, 0.1) is 0 Å². The molecule has 0 aliphatic carbocycles. The second-order valence-corrected chi connectivity index (χ2v) is 8.06. The Bertz CT molecular complexity index is 1120. The van der Waals surface area contributed by atoms with Gasteiger partial charge in [-0.3, -0.25) is 9.59 Å². The van der Waals surface area contributed by atoms with E-state index < -0.39 is 0 Å². The molecule has 0 radical (unpaired) electrons. The van der Waals surface area contributed by atoms with Gasteiger partial charge in [0.15, 0.2) is 0 Å². The Morgan fingerprint density at radius 3 is 2.75 bits per heavy atom. The average Bonchev–Trinajstić information content (AvgIpc) is 3.00. The molecule has 144 valence electrons. The molecule has 6 heteroatoms. The second-order valence-electron chi connectivity index (χ2n) is 7.15. The van der Waals surface area contributed by atoms with Crippen molar-refractivity contribution in [3.05, 3.63) is 74.0 Å². The van der Waals surface area contributed by atoms with Gasteiger partial charge in [-0.25, -0.2) is 0 Å². The maximum absolute atomic E-state index is 13.0. The molecule has 0 bridgehead atoms. The fourth-order valence-corrected chi connectivity index (χ4v) is 4.34. The predicted molar refractivity (Wildman–Crippen MR) is 113 cm³/mol. The van der Waals surface area contributed by atoms with Gasteiger partial charge in [0.25, 0.3) is 5.91 Å². The number of nitrogens with one attached hydrogen (secondary N) is 1. The molecule has 0 fully saturated rings. The summed E-state index contributed by atoms with van der Waals surface area (Å²) in [6.07, 6.45) is 3.25. The number of nitrogens with zero attached hydrogens (tertiary/aromatic N) is 1. The van der Waals surface area contributed by atoms with E-state index in [4.69, 9.17) is 4.74 Å². The Labute approximate surface area is 171 Å². The molecule has 3 aromatic rings. The SMILES string of the molecule is COc1ccc(CCNC(=O)c2cn3c4c(cc(Br)cc4c2=O)CC3C)cc1. The molecule has 1 atom stereocenters. The van der Waals surface area contributed by atoms with Crippen LogP contribution in [0.15, 0.2) is 51.9 Å². The molecule has 4 rings (SSSR count). The number of carbonyl (C=O) groups excluding carboxylic acids is 1. The number of aromatic nitrogens is 1. The van der Waals surface area contributed by atoms with Crippen molar-refractivity contribution in [3.63, 3.8) is 0 Å². The van der Waals surface area contributed by atoms with Gasteiger partial charge in [-0.2, -0.15) is 0 Å². The summed E-state index contributed by atoms with van der Waals surface area (Å²) in [5, 5.41) is 3.48. The molecule has 28 heavy (non-hydrogen) atoms. The summed E-state index contributed by atoms with van der Waals surface area (Å²) in [5.74, 6) is 0.472. The van der Waals surface area contributed by atoms with Crippen molar-refractivity contribution in [2.45, 2.75) is 25.8 Å². The first-order chi connectivity index (χ1) is 13.5. The Morgan fingerprint density at radius 1 is 1.29 bits per heavy atom. The lowest BCUT2D eigenvalue weighted by atomic mass is 10.1. The molecule has 1 amide bonds. The van der Waals surface area contributed by atoms with Gasteiger partial charge in [0.2, 0.25) is 5.43 Å². The van der Waals surface area contributed by atoms with Crippen molar-refractivity contribution in [2.75, 3.05) is 13.7 Å². The Hall–Kier alpha value is -2.60. The number of carbonyl (C=O) groups is 1. The van der Waals surface area contributed by atoms with Crippen molar-refractivity contribution < 1.29 is 9.53 Å². The first-order valence-electron chi connectivity index (χ1n) is 9.26. The van der Waals surface area contributed by atoms with Crippen molar-refractivity contribution in [2.24, 2.45) is 0 Å². The van der Waals surface area contributed by atoms with E-state index in [0.29, 0.717) is 18.4 Å². The van der Waals surface area contributed by atoms with E-state index in [1.54, 1.807) is 13.3 Å². The number of halogens is 1. The van der Waals surface area contributed by atoms with E-state index in [9.17, 15) is 9.59 Å². The number of rotatable bonds is 5. The Balaban J connectivity index is 1.56. The summed E-state index contributed by atoms with van der Waals surface area (Å²) < 4.78 is 8.07. The fourth-order valence-electron chi connectivity index (χ4n) is 3.83. The van der Waals surface area contributed by atoms with Crippen LogP contribution in [0.1, 0.15) is 34.5 Å². The summed E-state index contributed by atoms with van der Waals surface area (Å²) in [6.45, 7) is 2.56. The minimum Gasteiger partial charge on any atom is -0.497 e. The maximum atomic E-state index is 13.0. The zero-order valence-electron chi connectivity index (χ0n) is 15.8. The molecule has 5 nitrogen and oxygen atoms in total. The van der Waals surface area contributed by atoms with Gasteiger partial charge in [0, 0.05) is 28.6 Å². The molecule has 0 saturated heterocycles. The number of hydrogen-bond acceptors (Lipinski definition) is 3. The normalized spacial score (nSPS) is 15.0. The van der Waals surface area contributed by atoms with Crippen LogP contribution < -0.4 is 15.5 Å². The van der Waals surface area contributed by atoms with E-state index in [2.05, 4.69) is 38.8 Å². The highest BCUT2D eigenvalue weighted by atomic mass is 79.9. The van der Waals surface area contributed by atoms with Crippen molar-refractivity contribution in [1.82, 2.24) is 9.88 Å². The van der Waals surface area contributed by atoms with Gasteiger partial charge in [0.1, 0.15) is 11.3 Å². The zero-order chi connectivity index (χ0) is 19.8. The average molecular weight is 441 g/mol. The van der Waals surface area contributed by atoms with Crippen molar-refractivity contribution in [1.29, 1.82) is 0 Å². The highest BCUT2D eigenvalue weighted by Crippen LogP contribution is 2.33. The zero-order valence-corrected chi connectivity index (χ0v) is 17.4. The van der Waals surface area contributed by atoms with E-state index in [1.165, 1.54) is 0 Å². The maximum Gasteiger partial charge on any atom is 0.256 e. The standard InChI is InChI=1S/C22H21BrN2O3/c1-13-9-15-10-16(23)11-18-20(15)25(13)12-19(21(18)26)22(27)24-8-7-14-3-5-17(28-2)6-4-14/h3-6,10-13H,7-9H2,1-2H3,(H,24,27). The van der Waals surface area contributed by atoms with Gasteiger partial charge in [0.05, 0.1) is 12.6 Å². The number of ether oxygens (including phenoxy) is 1. The van der Waals surface area contributed by atoms with E-state index >= 15 is 0 Å². The highest BCUT2D eigenvalue weighted by Gasteiger charge is 2.25. The third-order valence-corrected chi connectivity index (χ3v) is 5.72. The van der Waals surface area contributed by atoms with Gasteiger partial charge >= 0.3 is 0 Å².